The number of aryl methyl sites for hydroxylation is 1. The number of benzene rings is 2. The van der Waals surface area contributed by atoms with Gasteiger partial charge in [0.05, 0.1) is 19.6 Å². The Bertz CT molecular complexity index is 1010. The van der Waals surface area contributed by atoms with E-state index in [1.165, 1.54) is 6.66 Å². The molecule has 0 spiro atoms. The molecule has 2 aromatic carbocycles. The van der Waals surface area contributed by atoms with E-state index in [4.69, 9.17) is 9.47 Å². The van der Waals surface area contributed by atoms with Crippen molar-refractivity contribution in [3.8, 4) is 11.5 Å². The number of methoxy groups -OCH3 is 1. The highest BCUT2D eigenvalue weighted by molar-refractivity contribution is 7.57. The highest BCUT2D eigenvalue weighted by atomic mass is 31.2. The van der Waals surface area contributed by atoms with Crippen molar-refractivity contribution in [1.29, 1.82) is 0 Å². The summed E-state index contributed by atoms with van der Waals surface area (Å²) >= 11 is 0. The number of hydrogen-bond donors (Lipinski definition) is 1. The van der Waals surface area contributed by atoms with Crippen LogP contribution in [0.15, 0.2) is 42.5 Å². The van der Waals surface area contributed by atoms with E-state index < -0.39 is 19.2 Å². The second-order valence-corrected chi connectivity index (χ2v) is 12.3. The highest BCUT2D eigenvalue weighted by Crippen LogP contribution is 2.58. The van der Waals surface area contributed by atoms with Gasteiger partial charge in [0.2, 0.25) is 0 Å². The largest absolute Gasteiger partial charge is 0.497 e. The Balaban J connectivity index is 1.33. The van der Waals surface area contributed by atoms with Crippen LogP contribution in [-0.4, -0.2) is 37.4 Å². The quantitative estimate of drug-likeness (QED) is 0.412. The maximum absolute atomic E-state index is 13.8. The monoisotopic (exact) mass is 478 g/mol. The van der Waals surface area contributed by atoms with Gasteiger partial charge in [-0.05, 0) is 84.9 Å². The second-order valence-electron chi connectivity index (χ2n) is 9.71. The molecule has 1 N–H and O–H groups in total. The molecule has 2 aliphatic carbocycles. The number of ether oxygens (including phenoxy) is 2. The molecule has 0 amide bonds. The van der Waals surface area contributed by atoms with Gasteiger partial charge in [0.25, 0.3) is 5.92 Å². The van der Waals surface area contributed by atoms with Crippen LogP contribution in [0.3, 0.4) is 0 Å². The van der Waals surface area contributed by atoms with Crippen molar-refractivity contribution >= 4 is 7.37 Å². The van der Waals surface area contributed by atoms with Crippen molar-refractivity contribution in [3.05, 3.63) is 59.2 Å². The topological polar surface area (TPSA) is 55.8 Å². The van der Waals surface area contributed by atoms with E-state index in [0.717, 1.165) is 53.9 Å². The lowest BCUT2D eigenvalue weighted by Crippen LogP contribution is -2.20. The zero-order chi connectivity index (χ0) is 23.6. The fourth-order valence-corrected chi connectivity index (χ4v) is 5.56. The van der Waals surface area contributed by atoms with Crippen LogP contribution in [0, 0.1) is 5.92 Å². The summed E-state index contributed by atoms with van der Waals surface area (Å²) in [7, 11) is -1.41. The van der Waals surface area contributed by atoms with E-state index in [2.05, 4.69) is 0 Å². The fraction of sp³-hybridized carbons (Fsp3) is 0.538. The van der Waals surface area contributed by atoms with Crippen LogP contribution in [0.25, 0.3) is 0 Å². The zero-order valence-corrected chi connectivity index (χ0v) is 20.2. The van der Waals surface area contributed by atoms with Crippen molar-refractivity contribution in [1.82, 2.24) is 0 Å². The smallest absolute Gasteiger partial charge is 0.255 e. The Morgan fingerprint density at radius 2 is 1.79 bits per heavy atom. The van der Waals surface area contributed by atoms with Gasteiger partial charge < -0.3 is 14.4 Å². The summed E-state index contributed by atoms with van der Waals surface area (Å²) in [6.45, 7) is 2.00. The molecule has 0 aromatic heterocycles. The first kappa shape index (κ1) is 24.2. The standard InChI is InChI=1S/C26H33F2O4P/c1-31-21-10-11-23(25-16-26(25,27)28)24(15-21)20-8-6-19(7-9-20)17-32-22-5-3-4-18(14-22)12-13-33(2,29)30/h3-5,10-11,14-15,19-20,25H,6-9,12-13,16-17H2,1-2H3,(H,29,30). The summed E-state index contributed by atoms with van der Waals surface area (Å²) in [5.41, 5.74) is 2.81. The number of rotatable bonds is 9. The lowest BCUT2D eigenvalue weighted by Gasteiger charge is -2.30. The van der Waals surface area contributed by atoms with E-state index in [9.17, 15) is 18.2 Å². The summed E-state index contributed by atoms with van der Waals surface area (Å²) in [6.07, 6.45) is 4.65. The Morgan fingerprint density at radius 1 is 1.06 bits per heavy atom. The van der Waals surface area contributed by atoms with Gasteiger partial charge in [0, 0.05) is 19.2 Å². The van der Waals surface area contributed by atoms with Gasteiger partial charge in [-0.2, -0.15) is 0 Å². The molecule has 2 unspecified atom stereocenters. The van der Waals surface area contributed by atoms with E-state index in [0.29, 0.717) is 18.9 Å². The van der Waals surface area contributed by atoms with E-state index in [1.807, 2.05) is 36.4 Å². The lowest BCUT2D eigenvalue weighted by atomic mass is 9.77. The number of halogens is 2. The molecule has 0 saturated heterocycles. The molecule has 2 saturated carbocycles. The number of hydrogen-bond acceptors (Lipinski definition) is 3. The molecule has 4 rings (SSSR count). The first-order chi connectivity index (χ1) is 15.6. The van der Waals surface area contributed by atoms with Crippen LogP contribution in [-0.2, 0) is 11.0 Å². The minimum Gasteiger partial charge on any atom is -0.497 e. The second kappa shape index (κ2) is 9.76. The number of alkyl halides is 2. The van der Waals surface area contributed by atoms with E-state index in [-0.39, 0.29) is 18.5 Å². The third-order valence-corrected chi connectivity index (χ3v) is 8.03. The van der Waals surface area contributed by atoms with E-state index in [1.54, 1.807) is 13.2 Å². The normalized spacial score (nSPS) is 25.8. The van der Waals surface area contributed by atoms with Crippen molar-refractivity contribution < 1.29 is 27.7 Å². The maximum Gasteiger partial charge on any atom is 0.255 e. The molecular weight excluding hydrogens is 445 g/mol. The van der Waals surface area contributed by atoms with Crippen LogP contribution < -0.4 is 9.47 Å². The third-order valence-electron chi connectivity index (χ3n) is 6.98. The SMILES string of the molecule is COc1ccc(C2CC2(F)F)c(C2CCC(COc3cccc(CCP(C)(=O)O)c3)CC2)c1. The molecule has 2 atom stereocenters. The molecule has 33 heavy (non-hydrogen) atoms. The Labute approximate surface area is 194 Å². The average Bonchev–Trinajstić information content (AvgIpc) is 3.43. The van der Waals surface area contributed by atoms with Gasteiger partial charge in [0.15, 0.2) is 7.37 Å². The predicted octanol–water partition coefficient (Wildman–Crippen LogP) is 6.61. The maximum atomic E-state index is 13.8. The predicted molar refractivity (Wildman–Crippen MR) is 126 cm³/mol. The Hall–Kier alpha value is -1.91. The van der Waals surface area contributed by atoms with Gasteiger partial charge in [-0.1, -0.05) is 18.2 Å². The van der Waals surface area contributed by atoms with Gasteiger partial charge in [0.1, 0.15) is 11.5 Å². The molecule has 2 aliphatic rings. The Kier molecular flexibility index (Phi) is 7.16. The molecule has 4 nitrogen and oxygen atoms in total. The summed E-state index contributed by atoms with van der Waals surface area (Å²) in [6, 6.07) is 13.3. The molecule has 2 fully saturated rings. The molecule has 2 aromatic rings. The molecule has 7 heteroatoms. The van der Waals surface area contributed by atoms with Crippen LogP contribution in [0.5, 0.6) is 11.5 Å². The summed E-state index contributed by atoms with van der Waals surface area (Å²) in [4.78, 5) is 9.51. The van der Waals surface area contributed by atoms with Crippen LogP contribution in [0.4, 0.5) is 8.78 Å². The zero-order valence-electron chi connectivity index (χ0n) is 19.3. The van der Waals surface area contributed by atoms with Crippen LogP contribution >= 0.6 is 7.37 Å². The van der Waals surface area contributed by atoms with Crippen molar-refractivity contribution in [2.75, 3.05) is 26.5 Å². The molecular formula is C26H33F2O4P. The lowest BCUT2D eigenvalue weighted by molar-refractivity contribution is 0.112. The van der Waals surface area contributed by atoms with Crippen molar-refractivity contribution in [2.45, 2.75) is 56.3 Å². The van der Waals surface area contributed by atoms with Gasteiger partial charge >= 0.3 is 0 Å². The summed E-state index contributed by atoms with van der Waals surface area (Å²) in [5.74, 6) is -1.02. The fourth-order valence-electron chi connectivity index (χ4n) is 4.88. The van der Waals surface area contributed by atoms with Gasteiger partial charge in [-0.25, -0.2) is 8.78 Å². The molecule has 0 aliphatic heterocycles. The summed E-state index contributed by atoms with van der Waals surface area (Å²) < 4.78 is 50.6. The minimum absolute atomic E-state index is 0.0529. The van der Waals surface area contributed by atoms with Gasteiger partial charge in [-0.15, -0.1) is 0 Å². The molecule has 0 bridgehead atoms. The Morgan fingerprint density at radius 3 is 2.42 bits per heavy atom. The molecule has 0 radical (unpaired) electrons. The highest BCUT2D eigenvalue weighted by Gasteiger charge is 2.58. The van der Waals surface area contributed by atoms with Crippen LogP contribution in [0.2, 0.25) is 0 Å². The average molecular weight is 479 g/mol. The molecule has 180 valence electrons. The van der Waals surface area contributed by atoms with Crippen LogP contribution in [0.1, 0.15) is 60.6 Å². The minimum atomic E-state index is -3.02. The first-order valence-electron chi connectivity index (χ1n) is 11.7. The van der Waals surface area contributed by atoms with Gasteiger partial charge in [-0.3, -0.25) is 4.57 Å². The van der Waals surface area contributed by atoms with Crippen molar-refractivity contribution in [2.24, 2.45) is 5.92 Å². The summed E-state index contributed by atoms with van der Waals surface area (Å²) in [5, 5.41) is 0. The van der Waals surface area contributed by atoms with Crippen molar-refractivity contribution in [3.63, 3.8) is 0 Å². The third kappa shape index (κ3) is 6.36. The van der Waals surface area contributed by atoms with E-state index >= 15 is 0 Å². The first-order valence-corrected chi connectivity index (χ1v) is 14.0. The molecule has 0 heterocycles.